The van der Waals surface area contributed by atoms with Gasteiger partial charge in [-0.1, -0.05) is 24.0 Å². The first-order chi connectivity index (χ1) is 8.11. The molecule has 0 bridgehead atoms. The summed E-state index contributed by atoms with van der Waals surface area (Å²) in [6, 6.07) is 0. The second-order valence-electron chi connectivity index (χ2n) is 3.39. The minimum Gasteiger partial charge on any atom is -0.445 e. The molecule has 2 aromatic rings. The molecule has 0 aromatic carbocycles. The average Bonchev–Trinajstić information content (AvgIpc) is 2.77. The molecule has 0 unspecified atom stereocenters. The van der Waals surface area contributed by atoms with Crippen LogP contribution in [0.4, 0.5) is 10.7 Å². The number of rotatable bonds is 3. The Kier molecular flexibility index (Phi) is 3.10. The Labute approximate surface area is 102 Å². The van der Waals surface area contributed by atoms with Gasteiger partial charge in [-0.25, -0.2) is 9.31 Å². The van der Waals surface area contributed by atoms with Crippen molar-refractivity contribution in [3.8, 4) is 0 Å². The van der Waals surface area contributed by atoms with E-state index in [0.29, 0.717) is 0 Å². The van der Waals surface area contributed by atoms with Crippen molar-refractivity contribution in [3.63, 3.8) is 0 Å². The number of hydrogen-bond acceptors (Lipinski definition) is 5. The molecule has 0 fully saturated rings. The van der Waals surface area contributed by atoms with Gasteiger partial charge in [0.15, 0.2) is 0 Å². The fraction of sp³-hybridized carbons (Fsp3) is 0.300. The van der Waals surface area contributed by atoms with E-state index in [1.165, 1.54) is 17.4 Å². The summed E-state index contributed by atoms with van der Waals surface area (Å²) in [4.78, 5) is 17.3. The predicted octanol–water partition coefficient (Wildman–Crippen LogP) is 2.14. The van der Waals surface area contributed by atoms with Gasteiger partial charge in [-0.3, -0.25) is 5.32 Å². The molecule has 0 aliphatic heterocycles. The molecule has 7 heteroatoms. The second-order valence-corrected chi connectivity index (χ2v) is 4.57. The molecule has 1 N–H and O–H groups in total. The van der Waals surface area contributed by atoms with Crippen LogP contribution in [0.25, 0.3) is 4.96 Å². The number of nitrogens with one attached hydrogen (secondary N) is 1. The average molecular weight is 252 g/mol. The van der Waals surface area contributed by atoms with E-state index in [4.69, 9.17) is 4.74 Å². The Hall–Kier alpha value is -1.89. The molecule has 2 aromatic heterocycles. The van der Waals surface area contributed by atoms with Crippen molar-refractivity contribution in [2.45, 2.75) is 13.8 Å². The van der Waals surface area contributed by atoms with Gasteiger partial charge in [0.05, 0.1) is 5.69 Å². The Bertz CT molecular complexity index is 572. The van der Waals surface area contributed by atoms with Crippen molar-refractivity contribution < 1.29 is 9.53 Å². The quantitative estimate of drug-likeness (QED) is 0.850. The predicted molar refractivity (Wildman–Crippen MR) is 65.5 cm³/mol. The maximum absolute atomic E-state index is 11.3. The molecule has 2 rings (SSSR count). The van der Waals surface area contributed by atoms with Crippen LogP contribution in [0.1, 0.15) is 10.6 Å². The molecule has 2 heterocycles. The molecule has 17 heavy (non-hydrogen) atoms. The number of amides is 1. The molecule has 6 nitrogen and oxygen atoms in total. The summed E-state index contributed by atoms with van der Waals surface area (Å²) >= 11 is 1.53. The standard InChI is InChI=1S/C10H12N4O2S/c1-4-5-16-10(15)12-8-11-9-14(13-8)6(2)7(3)17-9/h4H,1,5H2,2-3H3,(H,12,13,15). The lowest BCUT2D eigenvalue weighted by Gasteiger charge is -1.99. The minimum absolute atomic E-state index is 0.159. The van der Waals surface area contributed by atoms with Crippen LogP contribution in [0, 0.1) is 13.8 Å². The van der Waals surface area contributed by atoms with Crippen molar-refractivity contribution >= 4 is 28.3 Å². The summed E-state index contributed by atoms with van der Waals surface area (Å²) in [6.45, 7) is 7.56. The van der Waals surface area contributed by atoms with E-state index in [2.05, 4.69) is 22.0 Å². The zero-order valence-corrected chi connectivity index (χ0v) is 10.4. The monoisotopic (exact) mass is 252 g/mol. The molecule has 0 atom stereocenters. The third kappa shape index (κ3) is 2.28. The van der Waals surface area contributed by atoms with Gasteiger partial charge in [0.25, 0.3) is 5.95 Å². The first kappa shape index (κ1) is 11.6. The number of hydrogen-bond donors (Lipinski definition) is 1. The highest BCUT2D eigenvalue weighted by Gasteiger charge is 2.12. The molecule has 0 saturated carbocycles. The second kappa shape index (κ2) is 4.54. The van der Waals surface area contributed by atoms with E-state index < -0.39 is 6.09 Å². The van der Waals surface area contributed by atoms with Crippen LogP contribution in [0.2, 0.25) is 0 Å². The minimum atomic E-state index is -0.586. The highest BCUT2D eigenvalue weighted by molar-refractivity contribution is 7.17. The van der Waals surface area contributed by atoms with E-state index in [0.717, 1.165) is 15.5 Å². The maximum atomic E-state index is 11.3. The number of aromatic nitrogens is 3. The smallest absolute Gasteiger partial charge is 0.414 e. The Morgan fingerprint density at radius 2 is 2.41 bits per heavy atom. The topological polar surface area (TPSA) is 68.5 Å². The lowest BCUT2D eigenvalue weighted by atomic mass is 10.4. The van der Waals surface area contributed by atoms with Crippen LogP contribution < -0.4 is 5.32 Å². The molecular weight excluding hydrogens is 240 g/mol. The summed E-state index contributed by atoms with van der Waals surface area (Å²) in [5.41, 5.74) is 1.02. The number of ether oxygens (including phenoxy) is 1. The SMILES string of the molecule is C=CCOC(=O)Nc1nc2sc(C)c(C)n2n1. The van der Waals surface area contributed by atoms with Crippen molar-refractivity contribution in [1.82, 2.24) is 14.6 Å². The number of nitrogens with zero attached hydrogens (tertiary/aromatic N) is 3. The Morgan fingerprint density at radius 3 is 3.06 bits per heavy atom. The summed E-state index contributed by atoms with van der Waals surface area (Å²) in [5.74, 6) is 0.244. The largest absolute Gasteiger partial charge is 0.445 e. The van der Waals surface area contributed by atoms with Crippen LogP contribution >= 0.6 is 11.3 Å². The molecule has 0 aliphatic rings. The van der Waals surface area contributed by atoms with Gasteiger partial charge in [0.1, 0.15) is 6.61 Å². The van der Waals surface area contributed by atoms with E-state index in [1.807, 2.05) is 13.8 Å². The van der Waals surface area contributed by atoms with E-state index in [9.17, 15) is 4.79 Å². The molecule has 0 saturated heterocycles. The van der Waals surface area contributed by atoms with E-state index >= 15 is 0 Å². The lowest BCUT2D eigenvalue weighted by Crippen LogP contribution is -2.14. The summed E-state index contributed by atoms with van der Waals surface area (Å²) in [5, 5.41) is 6.61. The number of thiazole rings is 1. The first-order valence-electron chi connectivity index (χ1n) is 4.99. The maximum Gasteiger partial charge on any atom is 0.414 e. The van der Waals surface area contributed by atoms with Crippen molar-refractivity contribution in [2.75, 3.05) is 11.9 Å². The number of carbonyl (C=O) groups excluding carboxylic acids is 1. The third-order valence-corrected chi connectivity index (χ3v) is 3.24. The van der Waals surface area contributed by atoms with E-state index in [1.54, 1.807) is 4.52 Å². The normalized spacial score (nSPS) is 10.5. The number of anilines is 1. The fourth-order valence-electron chi connectivity index (χ4n) is 1.26. The van der Waals surface area contributed by atoms with Crippen LogP contribution in [0.3, 0.4) is 0 Å². The van der Waals surface area contributed by atoms with Gasteiger partial charge in [-0.15, -0.1) is 5.10 Å². The molecule has 0 radical (unpaired) electrons. The van der Waals surface area contributed by atoms with Crippen molar-refractivity contribution in [2.24, 2.45) is 0 Å². The number of fused-ring (bicyclic) bond motifs is 1. The molecular formula is C10H12N4O2S. The van der Waals surface area contributed by atoms with Crippen LogP contribution in [-0.4, -0.2) is 27.3 Å². The molecule has 1 amide bonds. The zero-order chi connectivity index (χ0) is 12.4. The first-order valence-corrected chi connectivity index (χ1v) is 5.81. The van der Waals surface area contributed by atoms with Gasteiger partial charge in [0.2, 0.25) is 4.96 Å². The van der Waals surface area contributed by atoms with Gasteiger partial charge >= 0.3 is 6.09 Å². The van der Waals surface area contributed by atoms with Crippen molar-refractivity contribution in [3.05, 3.63) is 23.2 Å². The highest BCUT2D eigenvalue weighted by atomic mass is 32.1. The molecule has 90 valence electrons. The van der Waals surface area contributed by atoms with Crippen LogP contribution in [-0.2, 0) is 4.74 Å². The number of aryl methyl sites for hydroxylation is 2. The fourth-order valence-corrected chi connectivity index (χ4v) is 2.16. The highest BCUT2D eigenvalue weighted by Crippen LogP contribution is 2.21. The Morgan fingerprint density at radius 1 is 1.65 bits per heavy atom. The van der Waals surface area contributed by atoms with Gasteiger partial charge in [-0.2, -0.15) is 4.98 Å². The third-order valence-electron chi connectivity index (χ3n) is 2.20. The molecule has 0 spiro atoms. The summed E-state index contributed by atoms with van der Waals surface area (Å²) in [7, 11) is 0. The lowest BCUT2D eigenvalue weighted by molar-refractivity contribution is 0.174. The van der Waals surface area contributed by atoms with Gasteiger partial charge in [-0.05, 0) is 13.8 Å². The van der Waals surface area contributed by atoms with Gasteiger partial charge < -0.3 is 4.74 Å². The number of carbonyl (C=O) groups is 1. The van der Waals surface area contributed by atoms with E-state index in [-0.39, 0.29) is 12.6 Å². The van der Waals surface area contributed by atoms with Crippen LogP contribution in [0.5, 0.6) is 0 Å². The van der Waals surface area contributed by atoms with Gasteiger partial charge in [0, 0.05) is 4.88 Å². The zero-order valence-electron chi connectivity index (χ0n) is 9.56. The molecule has 0 aliphatic carbocycles. The Balaban J connectivity index is 2.14. The summed E-state index contributed by atoms with van der Waals surface area (Å²) < 4.78 is 6.47. The summed E-state index contributed by atoms with van der Waals surface area (Å²) in [6.07, 6.45) is 0.907. The van der Waals surface area contributed by atoms with Crippen molar-refractivity contribution in [1.29, 1.82) is 0 Å². The van der Waals surface area contributed by atoms with Crippen LogP contribution in [0.15, 0.2) is 12.7 Å².